The third kappa shape index (κ3) is 3.59. The molecule has 0 radical (unpaired) electrons. The maximum absolute atomic E-state index is 12.2. The van der Waals surface area contributed by atoms with E-state index in [9.17, 15) is 4.79 Å². The Bertz CT molecular complexity index is 377. The second-order valence-corrected chi connectivity index (χ2v) is 5.73. The van der Waals surface area contributed by atoms with Gasteiger partial charge in [0.05, 0.1) is 0 Å². The first-order valence-corrected chi connectivity index (χ1v) is 6.97. The molecular weight excluding hydrogens is 222 g/mol. The number of hydrogen-bond acceptors (Lipinski definition) is 1. The van der Waals surface area contributed by atoms with Crippen molar-refractivity contribution in [1.29, 1.82) is 0 Å². The molecule has 1 saturated heterocycles. The predicted molar refractivity (Wildman–Crippen MR) is 74.3 cm³/mol. The van der Waals surface area contributed by atoms with Crippen molar-refractivity contribution in [2.24, 2.45) is 11.8 Å². The standard InChI is InChI=1S/C16H23NO/c1-13-10-14(2)12-17(11-13)16(18)9-8-15-6-4-3-5-7-15/h3-7,13-14H,8-12H2,1-2H3. The molecule has 0 bridgehead atoms. The summed E-state index contributed by atoms with van der Waals surface area (Å²) in [7, 11) is 0. The van der Waals surface area contributed by atoms with E-state index >= 15 is 0 Å². The van der Waals surface area contributed by atoms with Crippen molar-refractivity contribution in [2.45, 2.75) is 33.1 Å². The van der Waals surface area contributed by atoms with Crippen LogP contribution < -0.4 is 0 Å². The van der Waals surface area contributed by atoms with Crippen molar-refractivity contribution in [2.75, 3.05) is 13.1 Å². The molecule has 1 aliphatic rings. The molecule has 2 unspecified atom stereocenters. The van der Waals surface area contributed by atoms with Gasteiger partial charge in [-0.25, -0.2) is 0 Å². The summed E-state index contributed by atoms with van der Waals surface area (Å²) in [5.41, 5.74) is 1.25. The Morgan fingerprint density at radius 3 is 2.39 bits per heavy atom. The normalized spacial score (nSPS) is 24.0. The van der Waals surface area contributed by atoms with Crippen molar-refractivity contribution >= 4 is 5.91 Å². The van der Waals surface area contributed by atoms with Crippen LogP contribution in [0.1, 0.15) is 32.3 Å². The highest BCUT2D eigenvalue weighted by molar-refractivity contribution is 5.76. The maximum Gasteiger partial charge on any atom is 0.222 e. The first-order chi connectivity index (χ1) is 8.65. The van der Waals surface area contributed by atoms with Crippen LogP contribution in [0.5, 0.6) is 0 Å². The van der Waals surface area contributed by atoms with E-state index in [2.05, 4.69) is 30.9 Å². The monoisotopic (exact) mass is 245 g/mol. The van der Waals surface area contributed by atoms with Crippen LogP contribution in [0.25, 0.3) is 0 Å². The summed E-state index contributed by atoms with van der Waals surface area (Å²) in [5, 5.41) is 0. The highest BCUT2D eigenvalue weighted by Crippen LogP contribution is 2.21. The minimum Gasteiger partial charge on any atom is -0.342 e. The number of carbonyl (C=O) groups excluding carboxylic acids is 1. The molecular formula is C16H23NO. The Kier molecular flexibility index (Phi) is 4.40. The van der Waals surface area contributed by atoms with Crippen LogP contribution in [-0.4, -0.2) is 23.9 Å². The van der Waals surface area contributed by atoms with Crippen LogP contribution in [0.15, 0.2) is 30.3 Å². The zero-order chi connectivity index (χ0) is 13.0. The number of amides is 1. The van der Waals surface area contributed by atoms with Gasteiger partial charge in [-0.2, -0.15) is 0 Å². The zero-order valence-corrected chi connectivity index (χ0v) is 11.4. The summed E-state index contributed by atoms with van der Waals surface area (Å²) in [4.78, 5) is 14.2. The molecule has 1 amide bonds. The van der Waals surface area contributed by atoms with Gasteiger partial charge in [0.2, 0.25) is 5.91 Å². The molecule has 0 aromatic heterocycles. The first kappa shape index (κ1) is 13.1. The van der Waals surface area contributed by atoms with E-state index in [4.69, 9.17) is 0 Å². The lowest BCUT2D eigenvalue weighted by atomic mass is 9.91. The number of rotatable bonds is 3. The summed E-state index contributed by atoms with van der Waals surface area (Å²) in [6, 6.07) is 10.3. The van der Waals surface area contributed by atoms with E-state index in [1.165, 1.54) is 12.0 Å². The number of piperidine rings is 1. The molecule has 98 valence electrons. The Labute approximate surface area is 110 Å². The van der Waals surface area contributed by atoms with Gasteiger partial charge in [-0.3, -0.25) is 4.79 Å². The van der Waals surface area contributed by atoms with E-state index < -0.39 is 0 Å². The first-order valence-electron chi connectivity index (χ1n) is 6.97. The van der Waals surface area contributed by atoms with E-state index in [1.54, 1.807) is 0 Å². The van der Waals surface area contributed by atoms with E-state index in [-0.39, 0.29) is 0 Å². The third-order valence-electron chi connectivity index (χ3n) is 3.69. The molecule has 2 nitrogen and oxygen atoms in total. The molecule has 2 atom stereocenters. The predicted octanol–water partition coefficient (Wildman–Crippen LogP) is 3.12. The van der Waals surface area contributed by atoms with Gasteiger partial charge in [0.25, 0.3) is 0 Å². The fourth-order valence-corrected chi connectivity index (χ4v) is 2.92. The Morgan fingerprint density at radius 1 is 1.17 bits per heavy atom. The largest absolute Gasteiger partial charge is 0.342 e. The molecule has 1 heterocycles. The number of hydrogen-bond donors (Lipinski definition) is 0. The summed E-state index contributed by atoms with van der Waals surface area (Å²) in [5.74, 6) is 1.61. The lowest BCUT2D eigenvalue weighted by molar-refractivity contribution is -0.133. The van der Waals surface area contributed by atoms with Crippen molar-refractivity contribution in [3.8, 4) is 0 Å². The highest BCUT2D eigenvalue weighted by atomic mass is 16.2. The fraction of sp³-hybridized carbons (Fsp3) is 0.562. The van der Waals surface area contributed by atoms with Crippen molar-refractivity contribution in [3.05, 3.63) is 35.9 Å². The van der Waals surface area contributed by atoms with E-state index in [0.717, 1.165) is 19.5 Å². The molecule has 0 aliphatic carbocycles. The number of nitrogens with zero attached hydrogens (tertiary/aromatic N) is 1. The highest BCUT2D eigenvalue weighted by Gasteiger charge is 2.24. The summed E-state index contributed by atoms with van der Waals surface area (Å²) in [6.07, 6.45) is 2.75. The van der Waals surface area contributed by atoms with Crippen LogP contribution in [0.4, 0.5) is 0 Å². The number of carbonyl (C=O) groups is 1. The van der Waals surface area contributed by atoms with Crippen molar-refractivity contribution < 1.29 is 4.79 Å². The minimum absolute atomic E-state index is 0.317. The maximum atomic E-state index is 12.2. The number of benzene rings is 1. The van der Waals surface area contributed by atoms with Gasteiger partial charge in [-0.1, -0.05) is 44.2 Å². The van der Waals surface area contributed by atoms with E-state index in [1.807, 2.05) is 18.2 Å². The zero-order valence-electron chi connectivity index (χ0n) is 11.4. The van der Waals surface area contributed by atoms with Gasteiger partial charge in [0.15, 0.2) is 0 Å². The van der Waals surface area contributed by atoms with Gasteiger partial charge in [-0.15, -0.1) is 0 Å². The lowest BCUT2D eigenvalue weighted by Crippen LogP contribution is -2.42. The third-order valence-corrected chi connectivity index (χ3v) is 3.69. The van der Waals surface area contributed by atoms with Crippen LogP contribution in [0.2, 0.25) is 0 Å². The van der Waals surface area contributed by atoms with Crippen LogP contribution in [0.3, 0.4) is 0 Å². The lowest BCUT2D eigenvalue weighted by Gasteiger charge is -2.35. The molecule has 2 rings (SSSR count). The molecule has 1 aromatic carbocycles. The molecule has 1 aromatic rings. The summed E-state index contributed by atoms with van der Waals surface area (Å²) in [6.45, 7) is 6.37. The molecule has 2 heteroatoms. The quantitative estimate of drug-likeness (QED) is 0.801. The van der Waals surface area contributed by atoms with Gasteiger partial charge >= 0.3 is 0 Å². The Hall–Kier alpha value is -1.31. The Morgan fingerprint density at radius 2 is 1.78 bits per heavy atom. The fourth-order valence-electron chi connectivity index (χ4n) is 2.92. The van der Waals surface area contributed by atoms with Gasteiger partial charge in [0.1, 0.15) is 0 Å². The molecule has 0 spiro atoms. The molecule has 1 fully saturated rings. The molecule has 18 heavy (non-hydrogen) atoms. The second kappa shape index (κ2) is 6.03. The van der Waals surface area contributed by atoms with Crippen LogP contribution in [-0.2, 0) is 11.2 Å². The van der Waals surface area contributed by atoms with E-state index in [0.29, 0.717) is 24.2 Å². The Balaban J connectivity index is 1.84. The average molecular weight is 245 g/mol. The smallest absolute Gasteiger partial charge is 0.222 e. The SMILES string of the molecule is CC1CC(C)CN(C(=O)CCc2ccccc2)C1. The summed E-state index contributed by atoms with van der Waals surface area (Å²) < 4.78 is 0. The molecule has 0 N–H and O–H groups in total. The molecule has 0 saturated carbocycles. The number of likely N-dealkylation sites (tertiary alicyclic amines) is 1. The van der Waals surface area contributed by atoms with Crippen LogP contribution in [0, 0.1) is 11.8 Å². The van der Waals surface area contributed by atoms with Gasteiger partial charge < -0.3 is 4.90 Å². The summed E-state index contributed by atoms with van der Waals surface area (Å²) >= 11 is 0. The van der Waals surface area contributed by atoms with Crippen LogP contribution >= 0.6 is 0 Å². The molecule has 1 aliphatic heterocycles. The van der Waals surface area contributed by atoms with Crippen molar-refractivity contribution in [3.63, 3.8) is 0 Å². The van der Waals surface area contributed by atoms with Crippen molar-refractivity contribution in [1.82, 2.24) is 4.90 Å². The average Bonchev–Trinajstić information content (AvgIpc) is 2.36. The van der Waals surface area contributed by atoms with Gasteiger partial charge in [-0.05, 0) is 30.2 Å². The minimum atomic E-state index is 0.317. The topological polar surface area (TPSA) is 20.3 Å². The number of aryl methyl sites for hydroxylation is 1. The van der Waals surface area contributed by atoms with Gasteiger partial charge in [0, 0.05) is 19.5 Å². The second-order valence-electron chi connectivity index (χ2n) is 5.73.